The highest BCUT2D eigenvalue weighted by molar-refractivity contribution is 5.85. The lowest BCUT2D eigenvalue weighted by Gasteiger charge is -2.35. The summed E-state index contributed by atoms with van der Waals surface area (Å²) in [5.41, 5.74) is 2.78. The van der Waals surface area contributed by atoms with Gasteiger partial charge >= 0.3 is 0 Å². The van der Waals surface area contributed by atoms with Crippen molar-refractivity contribution in [3.8, 4) is 0 Å². The Kier molecular flexibility index (Phi) is 5.55. The quantitative estimate of drug-likeness (QED) is 0.905. The van der Waals surface area contributed by atoms with Gasteiger partial charge in [-0.25, -0.2) is 0 Å². The molecule has 116 valence electrons. The Balaban J connectivity index is 0.000000807. The molecule has 1 aromatic carbocycles. The number of nitrogens with zero attached hydrogens (tertiary/aromatic N) is 1. The van der Waals surface area contributed by atoms with Gasteiger partial charge in [-0.15, -0.1) is 24.8 Å². The molecule has 1 saturated heterocycles. The molecular formula is C16H23Cl2N3. The van der Waals surface area contributed by atoms with Gasteiger partial charge in [0.05, 0.1) is 0 Å². The van der Waals surface area contributed by atoms with Crippen molar-refractivity contribution < 1.29 is 0 Å². The Labute approximate surface area is 138 Å². The van der Waals surface area contributed by atoms with E-state index in [0.29, 0.717) is 6.04 Å². The molecule has 2 aliphatic rings. The number of rotatable bonds is 3. The van der Waals surface area contributed by atoms with E-state index in [9.17, 15) is 0 Å². The van der Waals surface area contributed by atoms with Crippen LogP contribution in [0.4, 0.5) is 0 Å². The SMILES string of the molecule is Cl.Cl.c1cc2ccc([C@@H](C3CC3)N3CCNCC3)cc2[nH]1. The van der Waals surface area contributed by atoms with Crippen molar-refractivity contribution in [2.24, 2.45) is 5.92 Å². The third kappa shape index (κ3) is 3.37. The van der Waals surface area contributed by atoms with Crippen LogP contribution < -0.4 is 5.32 Å². The van der Waals surface area contributed by atoms with Crippen molar-refractivity contribution in [2.75, 3.05) is 26.2 Å². The maximum absolute atomic E-state index is 3.46. The molecule has 1 aliphatic heterocycles. The van der Waals surface area contributed by atoms with Gasteiger partial charge in [-0.2, -0.15) is 0 Å². The van der Waals surface area contributed by atoms with E-state index >= 15 is 0 Å². The number of hydrogen-bond donors (Lipinski definition) is 2. The molecule has 1 atom stereocenters. The van der Waals surface area contributed by atoms with Crippen LogP contribution in [-0.2, 0) is 0 Å². The van der Waals surface area contributed by atoms with Gasteiger partial charge < -0.3 is 10.3 Å². The summed E-state index contributed by atoms with van der Waals surface area (Å²) < 4.78 is 0. The molecule has 21 heavy (non-hydrogen) atoms. The molecule has 5 heteroatoms. The minimum absolute atomic E-state index is 0. The van der Waals surface area contributed by atoms with Crippen LogP contribution in [0.5, 0.6) is 0 Å². The monoisotopic (exact) mass is 327 g/mol. The summed E-state index contributed by atoms with van der Waals surface area (Å²) in [4.78, 5) is 6.03. The van der Waals surface area contributed by atoms with Gasteiger partial charge in [-0.3, -0.25) is 4.90 Å². The van der Waals surface area contributed by atoms with Crippen LogP contribution in [-0.4, -0.2) is 36.1 Å². The highest BCUT2D eigenvalue weighted by Crippen LogP contribution is 2.45. The second-order valence-electron chi connectivity index (χ2n) is 5.89. The first-order chi connectivity index (χ1) is 9.42. The lowest BCUT2D eigenvalue weighted by molar-refractivity contribution is 0.156. The fraction of sp³-hybridized carbons (Fsp3) is 0.500. The van der Waals surface area contributed by atoms with Crippen LogP contribution in [0, 0.1) is 5.92 Å². The van der Waals surface area contributed by atoms with Crippen LogP contribution in [0.1, 0.15) is 24.4 Å². The van der Waals surface area contributed by atoms with Gasteiger partial charge in [0.2, 0.25) is 0 Å². The molecule has 2 fully saturated rings. The molecule has 1 aromatic heterocycles. The van der Waals surface area contributed by atoms with Gasteiger partial charge in [0.1, 0.15) is 0 Å². The Morgan fingerprint density at radius 2 is 1.81 bits per heavy atom. The summed E-state index contributed by atoms with van der Waals surface area (Å²) in [5, 5.41) is 4.78. The highest BCUT2D eigenvalue weighted by Gasteiger charge is 2.36. The Bertz CT molecular complexity index is 574. The third-order valence-electron chi connectivity index (χ3n) is 4.53. The first kappa shape index (κ1) is 16.6. The van der Waals surface area contributed by atoms with Crippen LogP contribution in [0.15, 0.2) is 30.5 Å². The Morgan fingerprint density at radius 3 is 2.52 bits per heavy atom. The summed E-state index contributed by atoms with van der Waals surface area (Å²) in [6, 6.07) is 9.74. The average Bonchev–Trinajstić information content (AvgIpc) is 3.17. The third-order valence-corrected chi connectivity index (χ3v) is 4.53. The van der Waals surface area contributed by atoms with Gasteiger partial charge in [-0.05, 0) is 41.8 Å². The molecule has 2 heterocycles. The number of piperazine rings is 1. The average molecular weight is 328 g/mol. The Hall–Kier alpha value is -0.740. The van der Waals surface area contributed by atoms with E-state index < -0.39 is 0 Å². The number of halogens is 2. The molecule has 2 aromatic rings. The van der Waals surface area contributed by atoms with Crippen molar-refractivity contribution >= 4 is 35.7 Å². The number of benzene rings is 1. The van der Waals surface area contributed by atoms with E-state index in [-0.39, 0.29) is 24.8 Å². The fourth-order valence-corrected chi connectivity index (χ4v) is 3.40. The molecule has 0 bridgehead atoms. The molecule has 4 rings (SSSR count). The molecule has 0 amide bonds. The topological polar surface area (TPSA) is 31.1 Å². The number of aromatic amines is 1. The minimum atomic E-state index is 0. The first-order valence-corrected chi connectivity index (χ1v) is 7.43. The normalized spacial score (nSPS) is 20.6. The number of fused-ring (bicyclic) bond motifs is 1. The zero-order chi connectivity index (χ0) is 12.7. The van der Waals surface area contributed by atoms with Gasteiger partial charge in [-0.1, -0.05) is 12.1 Å². The predicted molar refractivity (Wildman–Crippen MR) is 92.7 cm³/mol. The highest BCUT2D eigenvalue weighted by atomic mass is 35.5. The van der Waals surface area contributed by atoms with E-state index in [1.54, 1.807) is 0 Å². The van der Waals surface area contributed by atoms with Gasteiger partial charge in [0.15, 0.2) is 0 Å². The summed E-state index contributed by atoms with van der Waals surface area (Å²) in [5.74, 6) is 0.880. The van der Waals surface area contributed by atoms with Crippen molar-refractivity contribution in [3.63, 3.8) is 0 Å². The number of aromatic nitrogens is 1. The van der Waals surface area contributed by atoms with Crippen LogP contribution in [0.3, 0.4) is 0 Å². The molecule has 1 aliphatic carbocycles. The summed E-state index contributed by atoms with van der Waals surface area (Å²) in [7, 11) is 0. The van der Waals surface area contributed by atoms with E-state index in [2.05, 4.69) is 39.5 Å². The van der Waals surface area contributed by atoms with Crippen molar-refractivity contribution in [3.05, 3.63) is 36.0 Å². The second-order valence-corrected chi connectivity index (χ2v) is 5.89. The standard InChI is InChI=1S/C16H21N3.2ClH/c1-4-14(11-15-12(1)5-6-18-15)16(13-2-3-13)19-9-7-17-8-10-19;;/h1,4-6,11,13,16-18H,2-3,7-10H2;2*1H/t16-;;/m1../s1. The fourth-order valence-electron chi connectivity index (χ4n) is 3.40. The number of hydrogen-bond acceptors (Lipinski definition) is 2. The van der Waals surface area contributed by atoms with E-state index in [1.807, 2.05) is 6.20 Å². The minimum Gasteiger partial charge on any atom is -0.361 e. The predicted octanol–water partition coefficient (Wildman–Crippen LogP) is 3.37. The number of nitrogens with one attached hydrogen (secondary N) is 2. The summed E-state index contributed by atoms with van der Waals surface area (Å²) >= 11 is 0. The largest absolute Gasteiger partial charge is 0.361 e. The van der Waals surface area contributed by atoms with Gasteiger partial charge in [0, 0.05) is 43.9 Å². The lowest BCUT2D eigenvalue weighted by atomic mass is 9.99. The molecule has 2 N–H and O–H groups in total. The molecule has 0 radical (unpaired) electrons. The molecule has 0 unspecified atom stereocenters. The summed E-state index contributed by atoms with van der Waals surface area (Å²) in [6.07, 6.45) is 4.83. The van der Waals surface area contributed by atoms with Crippen molar-refractivity contribution in [1.82, 2.24) is 15.2 Å². The second kappa shape index (κ2) is 7.01. The number of H-pyrrole nitrogens is 1. The molecule has 0 spiro atoms. The zero-order valence-electron chi connectivity index (χ0n) is 12.0. The van der Waals surface area contributed by atoms with Crippen LogP contribution in [0.25, 0.3) is 10.9 Å². The van der Waals surface area contributed by atoms with Crippen LogP contribution in [0.2, 0.25) is 0 Å². The van der Waals surface area contributed by atoms with Gasteiger partial charge in [0.25, 0.3) is 0 Å². The van der Waals surface area contributed by atoms with Crippen LogP contribution >= 0.6 is 24.8 Å². The first-order valence-electron chi connectivity index (χ1n) is 7.43. The zero-order valence-corrected chi connectivity index (χ0v) is 13.7. The maximum atomic E-state index is 3.46. The molecule has 1 saturated carbocycles. The molecule has 3 nitrogen and oxygen atoms in total. The summed E-state index contributed by atoms with van der Waals surface area (Å²) in [6.45, 7) is 4.63. The van der Waals surface area contributed by atoms with E-state index in [4.69, 9.17) is 0 Å². The molecular weight excluding hydrogens is 305 g/mol. The smallest absolute Gasteiger partial charge is 0.0457 e. The van der Waals surface area contributed by atoms with E-state index in [1.165, 1.54) is 42.4 Å². The maximum Gasteiger partial charge on any atom is 0.0457 e. The van der Waals surface area contributed by atoms with E-state index in [0.717, 1.165) is 19.0 Å². The van der Waals surface area contributed by atoms with Crippen molar-refractivity contribution in [1.29, 1.82) is 0 Å². The van der Waals surface area contributed by atoms with Crippen molar-refractivity contribution in [2.45, 2.75) is 18.9 Å². The Morgan fingerprint density at radius 1 is 1.05 bits per heavy atom. The lowest BCUT2D eigenvalue weighted by Crippen LogP contribution is -2.45.